The zero-order chi connectivity index (χ0) is 10.8. The Bertz CT molecular complexity index is 536. The molecule has 0 fully saturated rings. The van der Waals surface area contributed by atoms with Crippen molar-refractivity contribution in [2.45, 2.75) is 0 Å². The van der Waals surface area contributed by atoms with E-state index in [-0.39, 0.29) is 0 Å². The molecule has 0 bridgehead atoms. The molecule has 0 aliphatic rings. The lowest BCUT2D eigenvalue weighted by Gasteiger charge is -2.02. The number of nitrogens with zero attached hydrogens (tertiary/aromatic N) is 1. The van der Waals surface area contributed by atoms with E-state index in [1.165, 1.54) is 6.20 Å². The van der Waals surface area contributed by atoms with E-state index >= 15 is 0 Å². The topological polar surface area (TPSA) is 45.8 Å². The molecule has 0 aliphatic carbocycles. The Balaban J connectivity index is 2.54. The van der Waals surface area contributed by atoms with Crippen molar-refractivity contribution in [1.82, 2.24) is 9.97 Å². The molecule has 76 valence electrons. The normalized spacial score (nSPS) is 10.3. The first kappa shape index (κ1) is 10.4. The molecule has 0 amide bonds. The predicted molar refractivity (Wildman–Crippen MR) is 63.0 cm³/mol. The summed E-state index contributed by atoms with van der Waals surface area (Å²) in [6.45, 7) is 0. The maximum Gasteiger partial charge on any atom is 0.346 e. The molecule has 0 aliphatic heterocycles. The van der Waals surface area contributed by atoms with Gasteiger partial charge in [0.25, 0.3) is 0 Å². The van der Waals surface area contributed by atoms with Crippen molar-refractivity contribution in [1.29, 1.82) is 0 Å². The minimum atomic E-state index is -0.444. The number of rotatable bonds is 1. The molecular weight excluding hydrogens is 279 g/mol. The molecule has 3 nitrogen and oxygen atoms in total. The SMILES string of the molecule is O=c1ncc(-c2ccc(Br)cc2)c(Cl)[nH]1. The summed E-state index contributed by atoms with van der Waals surface area (Å²) in [4.78, 5) is 16.9. The zero-order valence-corrected chi connectivity index (χ0v) is 9.84. The molecular formula is C10H6BrClN2O. The van der Waals surface area contributed by atoms with Crippen LogP contribution in [0.15, 0.2) is 39.7 Å². The van der Waals surface area contributed by atoms with Gasteiger partial charge in [0.05, 0.1) is 0 Å². The first-order valence-electron chi connectivity index (χ1n) is 4.17. The first-order valence-corrected chi connectivity index (χ1v) is 5.34. The fourth-order valence-electron chi connectivity index (χ4n) is 1.20. The third-order valence-electron chi connectivity index (χ3n) is 1.92. The Labute approximate surface area is 99.3 Å². The molecule has 1 aromatic carbocycles. The molecule has 0 atom stereocenters. The summed E-state index contributed by atoms with van der Waals surface area (Å²) in [5, 5.41) is 0.303. The van der Waals surface area contributed by atoms with E-state index in [1.807, 2.05) is 24.3 Å². The van der Waals surface area contributed by atoms with E-state index in [1.54, 1.807) is 0 Å². The highest BCUT2D eigenvalue weighted by molar-refractivity contribution is 9.10. The maximum absolute atomic E-state index is 10.9. The molecule has 0 saturated heterocycles. The van der Waals surface area contributed by atoms with Crippen LogP contribution in [0.4, 0.5) is 0 Å². The zero-order valence-electron chi connectivity index (χ0n) is 7.50. The lowest BCUT2D eigenvalue weighted by atomic mass is 10.1. The van der Waals surface area contributed by atoms with Gasteiger partial charge in [0.2, 0.25) is 0 Å². The highest BCUT2D eigenvalue weighted by Gasteiger charge is 2.04. The van der Waals surface area contributed by atoms with Crippen molar-refractivity contribution < 1.29 is 0 Å². The molecule has 1 heterocycles. The maximum atomic E-state index is 10.9. The Kier molecular flexibility index (Phi) is 2.88. The van der Waals surface area contributed by atoms with Crippen LogP contribution in [0.3, 0.4) is 0 Å². The molecule has 0 unspecified atom stereocenters. The fourth-order valence-corrected chi connectivity index (χ4v) is 1.71. The third kappa shape index (κ3) is 2.27. The van der Waals surface area contributed by atoms with Crippen molar-refractivity contribution in [3.8, 4) is 11.1 Å². The molecule has 1 aromatic heterocycles. The quantitative estimate of drug-likeness (QED) is 0.819. The molecule has 0 spiro atoms. The van der Waals surface area contributed by atoms with Crippen LogP contribution in [0.2, 0.25) is 5.15 Å². The number of benzene rings is 1. The van der Waals surface area contributed by atoms with Gasteiger partial charge in [-0.05, 0) is 17.7 Å². The second-order valence-electron chi connectivity index (χ2n) is 2.92. The molecule has 15 heavy (non-hydrogen) atoms. The summed E-state index contributed by atoms with van der Waals surface area (Å²) in [5.41, 5.74) is 1.18. The second-order valence-corrected chi connectivity index (χ2v) is 4.22. The van der Waals surface area contributed by atoms with Gasteiger partial charge in [-0.15, -0.1) is 0 Å². The van der Waals surface area contributed by atoms with E-state index in [0.29, 0.717) is 10.7 Å². The van der Waals surface area contributed by atoms with Crippen molar-refractivity contribution in [3.05, 3.63) is 50.6 Å². The van der Waals surface area contributed by atoms with Gasteiger partial charge in [-0.1, -0.05) is 39.7 Å². The van der Waals surface area contributed by atoms with Gasteiger partial charge in [-0.3, -0.25) is 4.98 Å². The van der Waals surface area contributed by atoms with E-state index in [4.69, 9.17) is 11.6 Å². The van der Waals surface area contributed by atoms with Crippen LogP contribution < -0.4 is 5.69 Å². The number of aromatic amines is 1. The van der Waals surface area contributed by atoms with Gasteiger partial charge >= 0.3 is 5.69 Å². The predicted octanol–water partition coefficient (Wildman–Crippen LogP) is 2.85. The minimum absolute atomic E-state index is 0.303. The molecule has 5 heteroatoms. The van der Waals surface area contributed by atoms with Crippen molar-refractivity contribution in [3.63, 3.8) is 0 Å². The van der Waals surface area contributed by atoms with E-state index in [0.717, 1.165) is 10.0 Å². The largest absolute Gasteiger partial charge is 0.346 e. The van der Waals surface area contributed by atoms with Crippen LogP contribution in [-0.4, -0.2) is 9.97 Å². The van der Waals surface area contributed by atoms with Crippen LogP contribution in [0, 0.1) is 0 Å². The Morgan fingerprint density at radius 1 is 1.27 bits per heavy atom. The summed E-state index contributed by atoms with van der Waals surface area (Å²) in [6.07, 6.45) is 1.46. The molecule has 0 saturated carbocycles. The fraction of sp³-hybridized carbons (Fsp3) is 0. The molecule has 0 radical (unpaired) electrons. The van der Waals surface area contributed by atoms with Gasteiger partial charge in [0.1, 0.15) is 5.15 Å². The minimum Gasteiger partial charge on any atom is -0.296 e. The van der Waals surface area contributed by atoms with Gasteiger partial charge < -0.3 is 0 Å². The molecule has 2 rings (SSSR count). The number of halogens is 2. The average Bonchev–Trinajstić information content (AvgIpc) is 2.20. The number of aromatic nitrogens is 2. The third-order valence-corrected chi connectivity index (χ3v) is 2.75. The van der Waals surface area contributed by atoms with Gasteiger partial charge in [0, 0.05) is 16.2 Å². The van der Waals surface area contributed by atoms with Gasteiger partial charge in [-0.25, -0.2) is 9.78 Å². The Hall–Kier alpha value is -1.13. The second kappa shape index (κ2) is 4.16. The first-order chi connectivity index (χ1) is 7.16. The monoisotopic (exact) mass is 284 g/mol. The van der Waals surface area contributed by atoms with Crippen LogP contribution >= 0.6 is 27.5 Å². The van der Waals surface area contributed by atoms with E-state index in [9.17, 15) is 4.79 Å². The van der Waals surface area contributed by atoms with Crippen LogP contribution in [0.1, 0.15) is 0 Å². The smallest absolute Gasteiger partial charge is 0.296 e. The van der Waals surface area contributed by atoms with Crippen molar-refractivity contribution in [2.75, 3.05) is 0 Å². The average molecular weight is 286 g/mol. The standard InChI is InChI=1S/C10H6BrClN2O/c11-7-3-1-6(2-4-7)8-5-13-10(15)14-9(8)12/h1-5H,(H,13,14,15). The Morgan fingerprint density at radius 3 is 2.53 bits per heavy atom. The Morgan fingerprint density at radius 2 is 1.93 bits per heavy atom. The highest BCUT2D eigenvalue weighted by atomic mass is 79.9. The highest BCUT2D eigenvalue weighted by Crippen LogP contribution is 2.25. The summed E-state index contributed by atoms with van der Waals surface area (Å²) in [7, 11) is 0. The van der Waals surface area contributed by atoms with Crippen LogP contribution in [-0.2, 0) is 0 Å². The van der Waals surface area contributed by atoms with Crippen LogP contribution in [0.25, 0.3) is 11.1 Å². The van der Waals surface area contributed by atoms with E-state index in [2.05, 4.69) is 25.9 Å². The van der Waals surface area contributed by atoms with Crippen molar-refractivity contribution >= 4 is 27.5 Å². The molecule has 2 aromatic rings. The summed E-state index contributed by atoms with van der Waals surface area (Å²) in [6, 6.07) is 7.59. The van der Waals surface area contributed by atoms with Crippen LogP contribution in [0.5, 0.6) is 0 Å². The van der Waals surface area contributed by atoms with Crippen molar-refractivity contribution in [2.24, 2.45) is 0 Å². The lowest BCUT2D eigenvalue weighted by Crippen LogP contribution is -2.09. The summed E-state index contributed by atoms with van der Waals surface area (Å²) in [5.74, 6) is 0. The van der Waals surface area contributed by atoms with Gasteiger partial charge in [0.15, 0.2) is 0 Å². The van der Waals surface area contributed by atoms with Gasteiger partial charge in [-0.2, -0.15) is 0 Å². The summed E-state index contributed by atoms with van der Waals surface area (Å²) < 4.78 is 0.986. The van der Waals surface area contributed by atoms with E-state index < -0.39 is 5.69 Å². The number of nitrogens with one attached hydrogen (secondary N) is 1. The number of hydrogen-bond acceptors (Lipinski definition) is 2. The number of H-pyrrole nitrogens is 1. The summed E-state index contributed by atoms with van der Waals surface area (Å²) >= 11 is 9.24. The molecule has 1 N–H and O–H groups in total. The lowest BCUT2D eigenvalue weighted by molar-refractivity contribution is 1.08. The number of hydrogen-bond donors (Lipinski definition) is 1.